The van der Waals surface area contributed by atoms with Crippen molar-refractivity contribution in [2.24, 2.45) is 21.1 Å². The van der Waals surface area contributed by atoms with Gasteiger partial charge in [0.05, 0.1) is 34.2 Å². The molecule has 3 N–H and O–H groups in total. The Morgan fingerprint density at radius 3 is 2.55 bits per heavy atom. The van der Waals surface area contributed by atoms with E-state index in [-0.39, 0.29) is 12.3 Å². The molecule has 0 amide bonds. The molecule has 3 aromatic heterocycles. The second-order valence-electron chi connectivity index (χ2n) is 16.1. The van der Waals surface area contributed by atoms with Crippen LogP contribution < -0.4 is 25.0 Å². The molecule has 314 valence electrons. The Morgan fingerprint density at radius 2 is 1.75 bits per heavy atom. The largest absolute Gasteiger partial charge is 0.491 e. The number of carboxylic acids is 1. The second-order valence-corrected chi connectivity index (χ2v) is 17.5. The zero-order valence-corrected chi connectivity index (χ0v) is 36.3. The van der Waals surface area contributed by atoms with Gasteiger partial charge in [0.15, 0.2) is 0 Å². The van der Waals surface area contributed by atoms with E-state index in [1.54, 1.807) is 16.3 Å². The number of anilines is 2. The van der Waals surface area contributed by atoms with Crippen molar-refractivity contribution in [2.75, 3.05) is 56.6 Å². The summed E-state index contributed by atoms with van der Waals surface area (Å²) in [5.74, 6) is 1.35. The molecule has 3 aliphatic rings. The zero-order chi connectivity index (χ0) is 41.5. The summed E-state index contributed by atoms with van der Waals surface area (Å²) in [6.07, 6.45) is 3.20. The average Bonchev–Trinajstić information content (AvgIpc) is 3.86. The van der Waals surface area contributed by atoms with Gasteiger partial charge in [-0.25, -0.2) is 4.79 Å². The number of ether oxygens (including phenoxy) is 2. The molecule has 0 spiro atoms. The minimum absolute atomic E-state index is 0.185. The third-order valence-electron chi connectivity index (χ3n) is 12.1. The molecule has 0 saturated carbocycles. The monoisotopic (exact) mass is 849 g/mol. The molecular weight excluding hydrogens is 798 g/mol. The maximum absolute atomic E-state index is 13.1. The first-order valence-electron chi connectivity index (χ1n) is 20.8. The van der Waals surface area contributed by atoms with Gasteiger partial charge in [-0.2, -0.15) is 10.2 Å². The molecule has 3 aromatic carbocycles. The minimum Gasteiger partial charge on any atom is -0.491 e. The molecule has 60 heavy (non-hydrogen) atoms. The summed E-state index contributed by atoms with van der Waals surface area (Å²) in [5.41, 5.74) is 10.4. The van der Waals surface area contributed by atoms with E-state index in [2.05, 4.69) is 57.8 Å². The lowest BCUT2D eigenvalue weighted by atomic mass is 9.97. The Balaban J connectivity index is 1.10. The molecule has 0 unspecified atom stereocenters. The topological polar surface area (TPSA) is 127 Å². The summed E-state index contributed by atoms with van der Waals surface area (Å²) in [6.45, 7) is 6.56. The molecule has 0 radical (unpaired) electrons. The lowest BCUT2D eigenvalue weighted by molar-refractivity contribution is 0.0685. The molecule has 6 heterocycles. The number of nitrogens with zero attached hydrogens (tertiary/aromatic N) is 7. The molecule has 9 rings (SSSR count). The van der Waals surface area contributed by atoms with Gasteiger partial charge in [-0.3, -0.25) is 9.36 Å². The van der Waals surface area contributed by atoms with Crippen LogP contribution in [-0.4, -0.2) is 86.5 Å². The standard InChI is InChI=1S/C45H52ClN9O4S/c1-51-16-18-55(19-17-51)30-9-11-32(12-10-30)59-26-37-41-38(54(4)50-37)25-47-24-29-22-31(53(3)49-29)27-60-33-21-28-7-5-15-48-42(28)39(23-33)58-20-6-8-34-35-13-14-36(46)40(41)43(35)52(2)44(34)45(56)57/h9-14,21-23,47-48H,5-8,15-20,24-27H2,1-4H3,(H,56,57). The van der Waals surface area contributed by atoms with Gasteiger partial charge in [-0.15, -0.1) is 11.8 Å². The Bertz CT molecular complexity index is 2560. The molecule has 15 heteroatoms. The Labute approximate surface area is 359 Å². The number of carboxylic acid groups (broad SMARTS) is 1. The maximum atomic E-state index is 13.1. The van der Waals surface area contributed by atoms with Crippen molar-refractivity contribution in [1.82, 2.24) is 34.3 Å². The summed E-state index contributed by atoms with van der Waals surface area (Å²) in [7, 11) is 7.90. The molecule has 1 fully saturated rings. The summed E-state index contributed by atoms with van der Waals surface area (Å²) in [6, 6.07) is 18.7. The number of halogens is 1. The molecule has 0 aliphatic carbocycles. The minimum atomic E-state index is -0.990. The summed E-state index contributed by atoms with van der Waals surface area (Å²) >= 11 is 9.02. The van der Waals surface area contributed by atoms with E-state index in [1.165, 1.54) is 11.3 Å². The predicted molar refractivity (Wildman–Crippen MR) is 238 cm³/mol. The number of nitrogens with one attached hydrogen (secondary N) is 2. The summed E-state index contributed by atoms with van der Waals surface area (Å²) in [4.78, 5) is 19.0. The zero-order valence-electron chi connectivity index (χ0n) is 34.7. The highest BCUT2D eigenvalue weighted by Crippen LogP contribution is 2.43. The van der Waals surface area contributed by atoms with Gasteiger partial charge in [0.1, 0.15) is 29.5 Å². The Morgan fingerprint density at radius 1 is 0.933 bits per heavy atom. The van der Waals surface area contributed by atoms with Gasteiger partial charge in [-0.1, -0.05) is 17.7 Å². The van der Waals surface area contributed by atoms with Gasteiger partial charge in [0, 0.05) is 105 Å². The SMILES string of the molecule is CN1CCN(c2ccc(OCc3nn(C)c4c3-c3c(Cl)ccc5c(c(C(=O)O)n(C)c35)CCCOc3cc(cc5c3NCCC5)SCc3cc(nn3C)CNC4)cc2)CC1. The van der Waals surface area contributed by atoms with Crippen molar-refractivity contribution >= 4 is 51.6 Å². The first-order chi connectivity index (χ1) is 29.1. The highest BCUT2D eigenvalue weighted by molar-refractivity contribution is 7.98. The normalized spacial score (nSPS) is 16.4. The smallest absolute Gasteiger partial charge is 0.352 e. The lowest BCUT2D eigenvalue weighted by Gasteiger charge is -2.34. The number of hydrogen-bond donors (Lipinski definition) is 3. The third-order valence-corrected chi connectivity index (χ3v) is 13.4. The highest BCUT2D eigenvalue weighted by Gasteiger charge is 2.29. The quantitative estimate of drug-likeness (QED) is 0.162. The van der Waals surface area contributed by atoms with Gasteiger partial charge >= 0.3 is 5.97 Å². The number of hydrogen-bond acceptors (Lipinski definition) is 10. The average molecular weight is 850 g/mol. The molecule has 3 aliphatic heterocycles. The number of carbonyl (C=O) groups is 1. The first kappa shape index (κ1) is 40.3. The number of rotatable bonds is 5. The van der Waals surface area contributed by atoms with Crippen LogP contribution in [0.1, 0.15) is 57.2 Å². The van der Waals surface area contributed by atoms with Crippen LogP contribution in [0.5, 0.6) is 11.5 Å². The van der Waals surface area contributed by atoms with Gasteiger partial charge in [0.2, 0.25) is 0 Å². The van der Waals surface area contributed by atoms with Crippen LogP contribution in [0, 0.1) is 0 Å². The van der Waals surface area contributed by atoms with Crippen molar-refractivity contribution in [3.8, 4) is 22.6 Å². The van der Waals surface area contributed by atoms with Gasteiger partial charge in [-0.05, 0) is 92.4 Å². The van der Waals surface area contributed by atoms with E-state index < -0.39 is 5.97 Å². The fourth-order valence-corrected chi connectivity index (χ4v) is 10.2. The van der Waals surface area contributed by atoms with Gasteiger partial charge < -0.3 is 39.6 Å². The van der Waals surface area contributed by atoms with Crippen molar-refractivity contribution in [1.29, 1.82) is 0 Å². The first-order valence-corrected chi connectivity index (χ1v) is 22.1. The van der Waals surface area contributed by atoms with Crippen molar-refractivity contribution in [2.45, 2.75) is 56.0 Å². The number of benzene rings is 3. The lowest BCUT2D eigenvalue weighted by Crippen LogP contribution is -2.44. The van der Waals surface area contributed by atoms with Crippen molar-refractivity contribution in [3.63, 3.8) is 0 Å². The predicted octanol–water partition coefficient (Wildman–Crippen LogP) is 7.26. The van der Waals surface area contributed by atoms with E-state index in [0.717, 1.165) is 118 Å². The van der Waals surface area contributed by atoms with Crippen LogP contribution in [0.25, 0.3) is 22.0 Å². The number of piperazine rings is 1. The van der Waals surface area contributed by atoms with Crippen molar-refractivity contribution in [3.05, 3.63) is 99.2 Å². The van der Waals surface area contributed by atoms with E-state index in [4.69, 9.17) is 31.3 Å². The Kier molecular flexibility index (Phi) is 11.5. The van der Waals surface area contributed by atoms with E-state index in [0.29, 0.717) is 43.3 Å². The van der Waals surface area contributed by atoms with E-state index >= 15 is 0 Å². The van der Waals surface area contributed by atoms with Crippen LogP contribution in [0.2, 0.25) is 5.02 Å². The number of fused-ring (bicyclic) bond motifs is 8. The molecule has 1 saturated heterocycles. The third kappa shape index (κ3) is 7.93. The maximum Gasteiger partial charge on any atom is 0.352 e. The number of thioether (sulfide) groups is 1. The fourth-order valence-electron chi connectivity index (χ4n) is 8.97. The van der Waals surface area contributed by atoms with Crippen molar-refractivity contribution < 1.29 is 19.4 Å². The molecule has 0 atom stereocenters. The number of aryl methyl sites for hydroxylation is 5. The fraction of sp³-hybridized carbons (Fsp3) is 0.400. The Hall–Kier alpha value is -5.15. The molecular formula is C45H52ClN9O4S. The van der Waals surface area contributed by atoms with Crippen LogP contribution in [0.15, 0.2) is 59.5 Å². The van der Waals surface area contributed by atoms with Crippen LogP contribution in [-0.2, 0) is 59.4 Å². The number of aromatic nitrogens is 5. The van der Waals surface area contributed by atoms with E-state index in [1.807, 2.05) is 54.8 Å². The van der Waals surface area contributed by atoms with Crippen LogP contribution in [0.4, 0.5) is 11.4 Å². The molecule has 8 bridgehead atoms. The van der Waals surface area contributed by atoms with Crippen LogP contribution in [0.3, 0.4) is 0 Å². The van der Waals surface area contributed by atoms with E-state index in [9.17, 15) is 9.90 Å². The van der Waals surface area contributed by atoms with Gasteiger partial charge in [0.25, 0.3) is 0 Å². The summed E-state index contributed by atoms with van der Waals surface area (Å²) in [5, 5.41) is 29.2. The summed E-state index contributed by atoms with van der Waals surface area (Å²) < 4.78 is 18.6. The number of aromatic carboxylic acids is 1. The number of likely N-dealkylation sites (N-methyl/N-ethyl adjacent to an activating group) is 1. The van der Waals surface area contributed by atoms with Crippen LogP contribution >= 0.6 is 23.4 Å². The highest BCUT2D eigenvalue weighted by atomic mass is 35.5. The molecule has 13 nitrogen and oxygen atoms in total. The second kappa shape index (κ2) is 17.1. The molecule has 6 aromatic rings.